The second kappa shape index (κ2) is 10.8. The van der Waals surface area contributed by atoms with E-state index in [1.54, 1.807) is 0 Å². The smallest absolute Gasteiger partial charge is 0.0250 e. The van der Waals surface area contributed by atoms with Gasteiger partial charge in [0.15, 0.2) is 0 Å². The predicted octanol–water partition coefficient (Wildman–Crippen LogP) is 4.82. The first-order valence-electron chi connectivity index (χ1n) is 8.69. The molecule has 0 aliphatic carbocycles. The van der Waals surface area contributed by atoms with E-state index in [4.69, 9.17) is 5.84 Å². The highest BCUT2D eigenvalue weighted by molar-refractivity contribution is 5.29. The topological polar surface area (TPSA) is 38.0 Å². The molecule has 1 aromatic rings. The Morgan fingerprint density at radius 2 is 1.48 bits per heavy atom. The Hall–Kier alpha value is -0.860. The second-order valence-corrected chi connectivity index (χ2v) is 6.47. The zero-order valence-corrected chi connectivity index (χ0v) is 14.3. The Morgan fingerprint density at radius 3 is 2.05 bits per heavy atom. The number of hydrazine groups is 1. The maximum absolute atomic E-state index is 5.73. The molecule has 0 fully saturated rings. The van der Waals surface area contributed by atoms with Crippen molar-refractivity contribution in [3.63, 3.8) is 0 Å². The molecule has 120 valence electrons. The van der Waals surface area contributed by atoms with Crippen LogP contribution in [0.25, 0.3) is 0 Å². The van der Waals surface area contributed by atoms with Gasteiger partial charge in [0.05, 0.1) is 0 Å². The fourth-order valence-corrected chi connectivity index (χ4v) is 3.06. The van der Waals surface area contributed by atoms with Crippen LogP contribution in [-0.4, -0.2) is 6.04 Å². The maximum Gasteiger partial charge on any atom is 0.0250 e. The van der Waals surface area contributed by atoms with Gasteiger partial charge in [-0.1, -0.05) is 81.2 Å². The summed E-state index contributed by atoms with van der Waals surface area (Å²) < 4.78 is 0. The molecule has 1 unspecified atom stereocenters. The van der Waals surface area contributed by atoms with Gasteiger partial charge < -0.3 is 0 Å². The number of nitrogens with two attached hydrogens (primary N) is 1. The Labute approximate surface area is 131 Å². The van der Waals surface area contributed by atoms with Crippen LogP contribution < -0.4 is 11.3 Å². The first-order chi connectivity index (χ1) is 10.2. The minimum atomic E-state index is 0.404. The Kier molecular flexibility index (Phi) is 9.36. The summed E-state index contributed by atoms with van der Waals surface area (Å²) in [5, 5.41) is 0. The van der Waals surface area contributed by atoms with E-state index in [9.17, 15) is 0 Å². The molecule has 0 amide bonds. The van der Waals surface area contributed by atoms with Crippen LogP contribution >= 0.6 is 0 Å². The molecule has 0 spiro atoms. The summed E-state index contributed by atoms with van der Waals surface area (Å²) in [6, 6.07) is 7.19. The number of nitrogens with one attached hydrogen (secondary N) is 1. The minimum absolute atomic E-state index is 0.404. The molecule has 2 nitrogen and oxygen atoms in total. The van der Waals surface area contributed by atoms with Gasteiger partial charge in [-0.2, -0.15) is 0 Å². The third-order valence-electron chi connectivity index (χ3n) is 4.16. The summed E-state index contributed by atoms with van der Waals surface area (Å²) in [5.41, 5.74) is 7.09. The van der Waals surface area contributed by atoms with E-state index in [2.05, 4.69) is 44.4 Å². The van der Waals surface area contributed by atoms with Gasteiger partial charge in [-0.05, 0) is 32.3 Å². The number of unbranched alkanes of at least 4 members (excludes halogenated alkanes) is 6. The molecule has 0 radical (unpaired) electrons. The summed E-state index contributed by atoms with van der Waals surface area (Å²) in [4.78, 5) is 0. The first-order valence-corrected chi connectivity index (χ1v) is 8.69. The van der Waals surface area contributed by atoms with Crippen molar-refractivity contribution in [3.05, 3.63) is 34.9 Å². The van der Waals surface area contributed by atoms with E-state index in [1.165, 1.54) is 68.1 Å². The Bertz CT molecular complexity index is 367. The number of benzene rings is 1. The Morgan fingerprint density at radius 1 is 0.905 bits per heavy atom. The van der Waals surface area contributed by atoms with Crippen molar-refractivity contribution in [1.82, 2.24) is 5.43 Å². The lowest BCUT2D eigenvalue weighted by Gasteiger charge is -2.16. The monoisotopic (exact) mass is 290 g/mol. The van der Waals surface area contributed by atoms with Crippen LogP contribution in [0, 0.1) is 13.8 Å². The second-order valence-electron chi connectivity index (χ2n) is 6.47. The van der Waals surface area contributed by atoms with Crippen LogP contribution in [0.15, 0.2) is 18.2 Å². The quantitative estimate of drug-likeness (QED) is 0.348. The molecule has 1 atom stereocenters. The molecular formula is C19H34N2. The van der Waals surface area contributed by atoms with Crippen LogP contribution in [0.2, 0.25) is 0 Å². The van der Waals surface area contributed by atoms with Gasteiger partial charge in [-0.3, -0.25) is 11.3 Å². The van der Waals surface area contributed by atoms with E-state index in [0.717, 1.165) is 6.42 Å². The summed E-state index contributed by atoms with van der Waals surface area (Å²) in [7, 11) is 0. The molecule has 0 aliphatic rings. The van der Waals surface area contributed by atoms with Crippen molar-refractivity contribution in [2.45, 2.75) is 84.6 Å². The lowest BCUT2D eigenvalue weighted by molar-refractivity contribution is 0.458. The molecule has 2 heteroatoms. The van der Waals surface area contributed by atoms with Gasteiger partial charge in [-0.25, -0.2) is 0 Å². The fraction of sp³-hybridized carbons (Fsp3) is 0.684. The first kappa shape index (κ1) is 18.2. The molecule has 1 aromatic carbocycles. The number of rotatable bonds is 11. The van der Waals surface area contributed by atoms with Crippen molar-refractivity contribution >= 4 is 0 Å². The SMILES string of the molecule is CCCCCCCCCC(Cc1cc(C)cc(C)c1)NN. The summed E-state index contributed by atoms with van der Waals surface area (Å²) >= 11 is 0. The minimum Gasteiger partial charge on any atom is -0.271 e. The molecule has 0 bridgehead atoms. The zero-order chi connectivity index (χ0) is 15.5. The highest BCUT2D eigenvalue weighted by atomic mass is 15.2. The standard InChI is InChI=1S/C19H34N2/c1-4-5-6-7-8-9-10-11-19(21-20)15-18-13-16(2)12-17(3)14-18/h12-14,19,21H,4-11,15,20H2,1-3H3. The summed E-state index contributed by atoms with van der Waals surface area (Å²) in [6.07, 6.45) is 11.7. The van der Waals surface area contributed by atoms with Crippen molar-refractivity contribution in [1.29, 1.82) is 0 Å². The molecular weight excluding hydrogens is 256 g/mol. The van der Waals surface area contributed by atoms with Gasteiger partial charge in [0.25, 0.3) is 0 Å². The van der Waals surface area contributed by atoms with Crippen molar-refractivity contribution in [2.75, 3.05) is 0 Å². The summed E-state index contributed by atoms with van der Waals surface area (Å²) in [5.74, 6) is 5.73. The number of aryl methyl sites for hydroxylation is 2. The molecule has 0 aliphatic heterocycles. The lowest BCUT2D eigenvalue weighted by Crippen LogP contribution is -2.36. The zero-order valence-electron chi connectivity index (χ0n) is 14.3. The van der Waals surface area contributed by atoms with Crippen LogP contribution in [0.4, 0.5) is 0 Å². The third kappa shape index (κ3) is 8.23. The van der Waals surface area contributed by atoms with Crippen LogP contribution in [0.1, 0.15) is 75.0 Å². The van der Waals surface area contributed by atoms with Gasteiger partial charge >= 0.3 is 0 Å². The number of hydrogen-bond acceptors (Lipinski definition) is 2. The van der Waals surface area contributed by atoms with Crippen LogP contribution in [0.3, 0.4) is 0 Å². The molecule has 0 aromatic heterocycles. The van der Waals surface area contributed by atoms with Gasteiger partial charge in [0, 0.05) is 6.04 Å². The number of hydrogen-bond donors (Lipinski definition) is 2. The van der Waals surface area contributed by atoms with E-state index >= 15 is 0 Å². The normalized spacial score (nSPS) is 12.6. The Balaban J connectivity index is 2.25. The highest BCUT2D eigenvalue weighted by Crippen LogP contribution is 2.14. The van der Waals surface area contributed by atoms with Crippen LogP contribution in [-0.2, 0) is 6.42 Å². The van der Waals surface area contributed by atoms with Crippen molar-refractivity contribution in [2.24, 2.45) is 5.84 Å². The highest BCUT2D eigenvalue weighted by Gasteiger charge is 2.08. The molecule has 0 saturated carbocycles. The molecule has 0 heterocycles. The average molecular weight is 290 g/mol. The van der Waals surface area contributed by atoms with Gasteiger partial charge in [-0.15, -0.1) is 0 Å². The largest absolute Gasteiger partial charge is 0.271 e. The fourth-order valence-electron chi connectivity index (χ4n) is 3.06. The van der Waals surface area contributed by atoms with E-state index < -0.39 is 0 Å². The molecule has 1 rings (SSSR count). The third-order valence-corrected chi connectivity index (χ3v) is 4.16. The van der Waals surface area contributed by atoms with Crippen molar-refractivity contribution < 1.29 is 0 Å². The molecule has 21 heavy (non-hydrogen) atoms. The van der Waals surface area contributed by atoms with Crippen LogP contribution in [0.5, 0.6) is 0 Å². The summed E-state index contributed by atoms with van der Waals surface area (Å²) in [6.45, 7) is 6.60. The lowest BCUT2D eigenvalue weighted by atomic mass is 9.97. The average Bonchev–Trinajstić information content (AvgIpc) is 2.44. The molecule has 0 saturated heterocycles. The van der Waals surface area contributed by atoms with E-state index in [-0.39, 0.29) is 0 Å². The van der Waals surface area contributed by atoms with E-state index in [1.807, 2.05) is 0 Å². The van der Waals surface area contributed by atoms with Gasteiger partial charge in [0.1, 0.15) is 0 Å². The maximum atomic E-state index is 5.73. The van der Waals surface area contributed by atoms with E-state index in [0.29, 0.717) is 6.04 Å². The predicted molar refractivity (Wildman–Crippen MR) is 93.3 cm³/mol. The van der Waals surface area contributed by atoms with Crippen molar-refractivity contribution in [3.8, 4) is 0 Å². The van der Waals surface area contributed by atoms with Gasteiger partial charge in [0.2, 0.25) is 0 Å². The molecule has 3 N–H and O–H groups in total.